The summed E-state index contributed by atoms with van der Waals surface area (Å²) in [5.74, 6) is 0. The molecule has 3 rings (SSSR count). The van der Waals surface area contributed by atoms with Gasteiger partial charge in [-0.15, -0.1) is 0 Å². The predicted molar refractivity (Wildman–Crippen MR) is 77.0 cm³/mol. The Bertz CT molecular complexity index is 816. The van der Waals surface area contributed by atoms with E-state index in [0.29, 0.717) is 33.5 Å². The highest BCUT2D eigenvalue weighted by Gasteiger charge is 2.13. The minimum absolute atomic E-state index is 0.368. The van der Waals surface area contributed by atoms with Crippen molar-refractivity contribution in [1.82, 2.24) is 14.6 Å². The number of rotatable bonds is 2. The van der Waals surface area contributed by atoms with E-state index in [1.165, 1.54) is 0 Å². The van der Waals surface area contributed by atoms with E-state index in [4.69, 9.17) is 28.5 Å². The van der Waals surface area contributed by atoms with Crippen molar-refractivity contribution in [2.45, 2.75) is 6.42 Å². The molecule has 0 unspecified atom stereocenters. The van der Waals surface area contributed by atoms with Crippen LogP contribution in [0.5, 0.6) is 0 Å². The van der Waals surface area contributed by atoms with E-state index in [1.807, 2.05) is 12.1 Å². The molecule has 0 saturated carbocycles. The molecule has 20 heavy (non-hydrogen) atoms. The molecule has 98 valence electrons. The van der Waals surface area contributed by atoms with E-state index in [9.17, 15) is 0 Å². The van der Waals surface area contributed by atoms with Crippen LogP contribution in [0.25, 0.3) is 5.65 Å². The van der Waals surface area contributed by atoms with Crippen LogP contribution in [0.4, 0.5) is 0 Å². The Morgan fingerprint density at radius 3 is 2.60 bits per heavy atom. The average Bonchev–Trinajstić information content (AvgIpc) is 2.92. The first-order valence-corrected chi connectivity index (χ1v) is 6.61. The number of nitriles is 1. The number of fused-ring (bicyclic) bond motifs is 1. The maximum atomic E-state index is 8.79. The van der Waals surface area contributed by atoms with E-state index < -0.39 is 0 Å². The summed E-state index contributed by atoms with van der Waals surface area (Å²) in [5, 5.41) is 13.7. The van der Waals surface area contributed by atoms with Gasteiger partial charge in [-0.3, -0.25) is 0 Å². The number of hydrogen-bond donors (Lipinski definition) is 0. The first-order valence-electron chi connectivity index (χ1n) is 5.85. The van der Waals surface area contributed by atoms with Crippen LogP contribution in [0.1, 0.15) is 16.7 Å². The van der Waals surface area contributed by atoms with Gasteiger partial charge in [-0.2, -0.15) is 10.4 Å². The molecule has 0 spiro atoms. The molecule has 3 aromatic rings. The standard InChI is InChI=1S/C14H8Cl2N4/c15-13-11(7-9-1-3-10(8-17)4-2-9)14(16)20-12(19-13)5-6-18-20/h1-6H,7H2. The lowest BCUT2D eigenvalue weighted by Gasteiger charge is -2.08. The summed E-state index contributed by atoms with van der Waals surface area (Å²) in [6.45, 7) is 0. The van der Waals surface area contributed by atoms with E-state index in [0.717, 1.165) is 5.56 Å². The second-order valence-corrected chi connectivity index (χ2v) is 4.97. The van der Waals surface area contributed by atoms with Gasteiger partial charge in [-0.05, 0) is 17.7 Å². The molecule has 0 saturated heterocycles. The summed E-state index contributed by atoms with van der Waals surface area (Å²) in [6, 6.07) is 11.1. The Hall–Kier alpha value is -2.09. The molecule has 0 amide bonds. The van der Waals surface area contributed by atoms with Crippen LogP contribution in [0.2, 0.25) is 10.3 Å². The summed E-state index contributed by atoms with van der Waals surface area (Å²) >= 11 is 12.5. The smallest absolute Gasteiger partial charge is 0.158 e. The summed E-state index contributed by atoms with van der Waals surface area (Å²) in [7, 11) is 0. The van der Waals surface area contributed by atoms with E-state index in [-0.39, 0.29) is 0 Å². The molecular formula is C14H8Cl2N4. The molecule has 6 heteroatoms. The Morgan fingerprint density at radius 2 is 1.90 bits per heavy atom. The minimum Gasteiger partial charge on any atom is -0.216 e. The van der Waals surface area contributed by atoms with Crippen molar-refractivity contribution in [2.24, 2.45) is 0 Å². The monoisotopic (exact) mass is 302 g/mol. The van der Waals surface area contributed by atoms with Crippen LogP contribution >= 0.6 is 23.2 Å². The molecule has 0 aliphatic carbocycles. The molecule has 4 nitrogen and oxygen atoms in total. The van der Waals surface area contributed by atoms with Crippen LogP contribution in [0, 0.1) is 11.3 Å². The highest BCUT2D eigenvalue weighted by Crippen LogP contribution is 2.26. The van der Waals surface area contributed by atoms with Crippen LogP contribution in [-0.4, -0.2) is 14.6 Å². The van der Waals surface area contributed by atoms with Gasteiger partial charge in [0.1, 0.15) is 10.3 Å². The summed E-state index contributed by atoms with van der Waals surface area (Å²) in [5.41, 5.74) is 2.95. The average molecular weight is 303 g/mol. The number of benzene rings is 1. The summed E-state index contributed by atoms with van der Waals surface area (Å²) in [4.78, 5) is 4.26. The SMILES string of the molecule is N#Cc1ccc(Cc2c(Cl)nc3ccnn3c2Cl)cc1. The molecule has 0 aliphatic rings. The molecule has 0 atom stereocenters. The first-order chi connectivity index (χ1) is 9.69. The fourth-order valence-corrected chi connectivity index (χ4v) is 2.54. The highest BCUT2D eigenvalue weighted by molar-refractivity contribution is 6.34. The lowest BCUT2D eigenvalue weighted by atomic mass is 10.1. The molecule has 0 bridgehead atoms. The lowest BCUT2D eigenvalue weighted by Crippen LogP contribution is -2.01. The fraction of sp³-hybridized carbons (Fsp3) is 0.0714. The van der Waals surface area contributed by atoms with Crippen molar-refractivity contribution < 1.29 is 0 Å². The van der Waals surface area contributed by atoms with Gasteiger partial charge in [-0.25, -0.2) is 9.50 Å². The third-order valence-electron chi connectivity index (χ3n) is 2.98. The quantitative estimate of drug-likeness (QED) is 0.681. The molecule has 0 radical (unpaired) electrons. The Labute approximate surface area is 125 Å². The number of aromatic nitrogens is 3. The van der Waals surface area contributed by atoms with Gasteiger partial charge in [0, 0.05) is 18.1 Å². The Kier molecular flexibility index (Phi) is 3.31. The van der Waals surface area contributed by atoms with Crippen LogP contribution in [-0.2, 0) is 6.42 Å². The molecule has 2 aromatic heterocycles. The van der Waals surface area contributed by atoms with Gasteiger partial charge >= 0.3 is 0 Å². The summed E-state index contributed by atoms with van der Waals surface area (Å²) in [6.07, 6.45) is 2.15. The van der Waals surface area contributed by atoms with Crippen LogP contribution < -0.4 is 0 Å². The zero-order chi connectivity index (χ0) is 14.1. The second kappa shape index (κ2) is 5.12. The maximum Gasteiger partial charge on any atom is 0.158 e. The number of hydrogen-bond acceptors (Lipinski definition) is 3. The van der Waals surface area contributed by atoms with Gasteiger partial charge in [-0.1, -0.05) is 35.3 Å². The van der Waals surface area contributed by atoms with E-state index >= 15 is 0 Å². The van der Waals surface area contributed by atoms with Crippen molar-refractivity contribution >= 4 is 28.8 Å². The molecular weight excluding hydrogens is 295 g/mol. The summed E-state index contributed by atoms with van der Waals surface area (Å²) < 4.78 is 1.55. The Morgan fingerprint density at radius 1 is 1.15 bits per heavy atom. The zero-order valence-corrected chi connectivity index (χ0v) is 11.7. The van der Waals surface area contributed by atoms with Gasteiger partial charge in [0.2, 0.25) is 0 Å². The van der Waals surface area contributed by atoms with Gasteiger partial charge < -0.3 is 0 Å². The first kappa shape index (κ1) is 12.9. The van der Waals surface area contributed by atoms with Gasteiger partial charge in [0.05, 0.1) is 17.8 Å². The largest absolute Gasteiger partial charge is 0.216 e. The third-order valence-corrected chi connectivity index (χ3v) is 3.68. The number of halogens is 2. The predicted octanol–water partition coefficient (Wildman–Crippen LogP) is 3.50. The fourth-order valence-electron chi connectivity index (χ4n) is 1.96. The molecule has 1 aromatic carbocycles. The van der Waals surface area contributed by atoms with E-state index in [1.54, 1.807) is 28.9 Å². The van der Waals surface area contributed by atoms with Crippen molar-refractivity contribution in [3.05, 3.63) is 63.5 Å². The molecule has 2 heterocycles. The van der Waals surface area contributed by atoms with E-state index in [2.05, 4.69) is 16.2 Å². The lowest BCUT2D eigenvalue weighted by molar-refractivity contribution is 0.917. The van der Waals surface area contributed by atoms with Crippen molar-refractivity contribution in [2.75, 3.05) is 0 Å². The van der Waals surface area contributed by atoms with Gasteiger partial charge in [0.15, 0.2) is 5.65 Å². The van der Waals surface area contributed by atoms with Crippen molar-refractivity contribution in [3.63, 3.8) is 0 Å². The van der Waals surface area contributed by atoms with Crippen molar-refractivity contribution in [3.8, 4) is 6.07 Å². The minimum atomic E-state index is 0.368. The van der Waals surface area contributed by atoms with Crippen molar-refractivity contribution in [1.29, 1.82) is 5.26 Å². The number of nitrogens with zero attached hydrogens (tertiary/aromatic N) is 4. The molecule has 0 aliphatic heterocycles. The topological polar surface area (TPSA) is 54.0 Å². The van der Waals surface area contributed by atoms with Gasteiger partial charge in [0.25, 0.3) is 0 Å². The van der Waals surface area contributed by atoms with Crippen LogP contribution in [0.3, 0.4) is 0 Å². The molecule has 0 fully saturated rings. The zero-order valence-electron chi connectivity index (χ0n) is 10.2. The maximum absolute atomic E-state index is 8.79. The molecule has 0 N–H and O–H groups in total. The third kappa shape index (κ3) is 2.22. The highest BCUT2D eigenvalue weighted by atomic mass is 35.5. The Balaban J connectivity index is 2.03. The normalized spacial score (nSPS) is 10.7. The second-order valence-electron chi connectivity index (χ2n) is 4.26. The van der Waals surface area contributed by atoms with Crippen LogP contribution in [0.15, 0.2) is 36.5 Å².